The van der Waals surface area contributed by atoms with Crippen LogP contribution in [0.4, 0.5) is 0 Å². The van der Waals surface area contributed by atoms with E-state index in [-0.39, 0.29) is 0 Å². The molecule has 1 aliphatic rings. The van der Waals surface area contributed by atoms with Gasteiger partial charge < -0.3 is 9.72 Å². The second-order valence-electron chi connectivity index (χ2n) is 6.26. The lowest BCUT2D eigenvalue weighted by atomic mass is 9.99. The SMILES string of the molecule is c1cc(-c2cnn(-c3ccc(CC4COC4)cn3)c2)c2nc[nH]c2n1. The Morgan fingerprint density at radius 1 is 1.12 bits per heavy atom. The Bertz CT molecular complexity index is 1020. The largest absolute Gasteiger partial charge is 0.381 e. The van der Waals surface area contributed by atoms with Gasteiger partial charge in [-0.15, -0.1) is 0 Å². The van der Waals surface area contributed by atoms with Gasteiger partial charge in [0.1, 0.15) is 5.52 Å². The highest BCUT2D eigenvalue weighted by Gasteiger charge is 2.18. The van der Waals surface area contributed by atoms with Crippen LogP contribution in [0.25, 0.3) is 28.1 Å². The first-order valence-corrected chi connectivity index (χ1v) is 8.23. The molecule has 5 rings (SSSR count). The monoisotopic (exact) mass is 332 g/mol. The van der Waals surface area contributed by atoms with Crippen LogP contribution in [0, 0.1) is 5.92 Å². The van der Waals surface area contributed by atoms with Crippen LogP contribution in [0.15, 0.2) is 49.3 Å². The maximum Gasteiger partial charge on any atom is 0.157 e. The molecule has 5 heterocycles. The smallest absolute Gasteiger partial charge is 0.157 e. The van der Waals surface area contributed by atoms with Crippen LogP contribution in [0.3, 0.4) is 0 Å². The second-order valence-corrected chi connectivity index (χ2v) is 6.26. The third-order valence-corrected chi connectivity index (χ3v) is 4.49. The van der Waals surface area contributed by atoms with E-state index in [1.807, 2.05) is 30.7 Å². The van der Waals surface area contributed by atoms with Crippen LogP contribution in [-0.2, 0) is 11.2 Å². The van der Waals surface area contributed by atoms with Gasteiger partial charge in [0.25, 0.3) is 0 Å². The average Bonchev–Trinajstić information content (AvgIpc) is 3.27. The van der Waals surface area contributed by atoms with Crippen LogP contribution in [-0.4, -0.2) is 42.9 Å². The minimum atomic E-state index is 0.631. The standard InChI is InChI=1S/C18H16N6O/c1-2-16(20-6-12(1)5-13-9-25-10-13)24-8-14(7-23-24)15-3-4-19-18-17(15)21-11-22-18/h1-4,6-8,11,13H,5,9-10H2,(H,19,21,22). The van der Waals surface area contributed by atoms with Crippen LogP contribution in [0.2, 0.25) is 0 Å². The lowest BCUT2D eigenvalue weighted by Gasteiger charge is -2.25. The van der Waals surface area contributed by atoms with Crippen molar-refractivity contribution in [1.29, 1.82) is 0 Å². The lowest BCUT2D eigenvalue weighted by Crippen LogP contribution is -2.29. The number of aromatic nitrogens is 6. The molecule has 0 spiro atoms. The minimum absolute atomic E-state index is 0.631. The molecule has 0 saturated carbocycles. The Hall–Kier alpha value is -3.06. The fourth-order valence-electron chi connectivity index (χ4n) is 3.08. The van der Waals surface area contributed by atoms with Crippen molar-refractivity contribution in [2.75, 3.05) is 13.2 Å². The van der Waals surface area contributed by atoms with Crippen molar-refractivity contribution >= 4 is 11.2 Å². The summed E-state index contributed by atoms with van der Waals surface area (Å²) in [5, 5.41) is 4.45. The zero-order valence-corrected chi connectivity index (χ0v) is 13.5. The number of rotatable bonds is 4. The average molecular weight is 332 g/mol. The fraction of sp³-hybridized carbons (Fsp3) is 0.222. The molecule has 7 nitrogen and oxygen atoms in total. The molecule has 4 aromatic heterocycles. The number of hydrogen-bond donors (Lipinski definition) is 1. The Morgan fingerprint density at radius 3 is 2.88 bits per heavy atom. The summed E-state index contributed by atoms with van der Waals surface area (Å²) in [7, 11) is 0. The van der Waals surface area contributed by atoms with Gasteiger partial charge in [-0.3, -0.25) is 0 Å². The Balaban J connectivity index is 1.43. The number of imidazole rings is 1. The first kappa shape index (κ1) is 14.3. The molecular weight excluding hydrogens is 316 g/mol. The summed E-state index contributed by atoms with van der Waals surface area (Å²) >= 11 is 0. The molecule has 0 bridgehead atoms. The topological polar surface area (TPSA) is 81.5 Å². The molecule has 0 amide bonds. The number of nitrogens with zero attached hydrogens (tertiary/aromatic N) is 5. The first-order chi connectivity index (χ1) is 12.4. The van der Waals surface area contributed by atoms with Crippen molar-refractivity contribution in [2.24, 2.45) is 5.92 Å². The maximum absolute atomic E-state index is 5.22. The number of pyridine rings is 2. The quantitative estimate of drug-likeness (QED) is 0.620. The van der Waals surface area contributed by atoms with Gasteiger partial charge in [0.05, 0.1) is 25.7 Å². The van der Waals surface area contributed by atoms with E-state index >= 15 is 0 Å². The van der Waals surface area contributed by atoms with E-state index in [0.717, 1.165) is 47.7 Å². The van der Waals surface area contributed by atoms with E-state index < -0.39 is 0 Å². The van der Waals surface area contributed by atoms with E-state index in [2.05, 4.69) is 31.1 Å². The summed E-state index contributed by atoms with van der Waals surface area (Å²) in [5.74, 6) is 1.43. The maximum atomic E-state index is 5.22. The number of nitrogens with one attached hydrogen (secondary N) is 1. The van der Waals surface area contributed by atoms with Crippen molar-refractivity contribution in [2.45, 2.75) is 6.42 Å². The summed E-state index contributed by atoms with van der Waals surface area (Å²) in [5.41, 5.74) is 4.83. The van der Waals surface area contributed by atoms with Gasteiger partial charge in [0.15, 0.2) is 11.5 Å². The minimum Gasteiger partial charge on any atom is -0.381 e. The lowest BCUT2D eigenvalue weighted by molar-refractivity contribution is -0.0312. The van der Waals surface area contributed by atoms with Crippen molar-refractivity contribution in [3.8, 4) is 16.9 Å². The summed E-state index contributed by atoms with van der Waals surface area (Å²) < 4.78 is 7.01. The molecule has 124 valence electrons. The predicted octanol–water partition coefficient (Wildman–Crippen LogP) is 2.39. The zero-order valence-electron chi connectivity index (χ0n) is 13.5. The Morgan fingerprint density at radius 2 is 2.08 bits per heavy atom. The van der Waals surface area contributed by atoms with E-state index in [1.165, 1.54) is 5.56 Å². The molecule has 4 aromatic rings. The highest BCUT2D eigenvalue weighted by Crippen LogP contribution is 2.25. The number of hydrogen-bond acceptors (Lipinski definition) is 5. The van der Waals surface area contributed by atoms with Gasteiger partial charge in [-0.2, -0.15) is 5.10 Å². The highest BCUT2D eigenvalue weighted by atomic mass is 16.5. The second kappa shape index (κ2) is 5.78. The molecule has 7 heteroatoms. The molecule has 0 radical (unpaired) electrons. The molecule has 0 unspecified atom stereocenters. The van der Waals surface area contributed by atoms with E-state index in [9.17, 15) is 0 Å². The summed E-state index contributed by atoms with van der Waals surface area (Å²) in [6.45, 7) is 1.72. The van der Waals surface area contributed by atoms with Gasteiger partial charge in [-0.25, -0.2) is 19.6 Å². The first-order valence-electron chi connectivity index (χ1n) is 8.23. The molecule has 1 N–H and O–H groups in total. The van der Waals surface area contributed by atoms with E-state index in [1.54, 1.807) is 17.2 Å². The molecule has 0 aliphatic carbocycles. The molecule has 1 aliphatic heterocycles. The van der Waals surface area contributed by atoms with Crippen LogP contribution < -0.4 is 0 Å². The van der Waals surface area contributed by atoms with Crippen molar-refractivity contribution in [3.05, 3.63) is 54.9 Å². The number of ether oxygens (including phenoxy) is 1. The molecule has 0 atom stereocenters. The third kappa shape index (κ3) is 2.58. The normalized spacial score (nSPS) is 14.7. The predicted molar refractivity (Wildman–Crippen MR) is 92.3 cm³/mol. The molecule has 1 saturated heterocycles. The van der Waals surface area contributed by atoms with Crippen molar-refractivity contribution in [3.63, 3.8) is 0 Å². The van der Waals surface area contributed by atoms with Crippen molar-refractivity contribution < 1.29 is 4.74 Å². The van der Waals surface area contributed by atoms with Gasteiger partial charge in [0, 0.05) is 35.6 Å². The Kier molecular flexibility index (Phi) is 3.31. The fourth-order valence-corrected chi connectivity index (χ4v) is 3.08. The third-order valence-electron chi connectivity index (χ3n) is 4.49. The Labute approximate surface area is 143 Å². The summed E-state index contributed by atoms with van der Waals surface area (Å²) in [6.07, 6.45) is 10.2. The molecule has 1 fully saturated rings. The van der Waals surface area contributed by atoms with Gasteiger partial charge in [-0.1, -0.05) is 6.07 Å². The van der Waals surface area contributed by atoms with Gasteiger partial charge >= 0.3 is 0 Å². The summed E-state index contributed by atoms with van der Waals surface area (Å²) in [4.78, 5) is 16.2. The van der Waals surface area contributed by atoms with Gasteiger partial charge in [-0.05, 0) is 24.1 Å². The van der Waals surface area contributed by atoms with E-state index in [4.69, 9.17) is 4.74 Å². The van der Waals surface area contributed by atoms with Gasteiger partial charge in [0.2, 0.25) is 0 Å². The van der Waals surface area contributed by atoms with Crippen LogP contribution in [0.1, 0.15) is 5.56 Å². The molecule has 25 heavy (non-hydrogen) atoms. The summed E-state index contributed by atoms with van der Waals surface area (Å²) in [6, 6.07) is 6.06. The zero-order chi connectivity index (χ0) is 16.6. The van der Waals surface area contributed by atoms with Crippen LogP contribution >= 0.6 is 0 Å². The number of H-pyrrole nitrogens is 1. The molecular formula is C18H16N6O. The molecule has 0 aromatic carbocycles. The van der Waals surface area contributed by atoms with E-state index in [0.29, 0.717) is 5.92 Å². The highest BCUT2D eigenvalue weighted by molar-refractivity contribution is 5.88. The van der Waals surface area contributed by atoms with Crippen LogP contribution in [0.5, 0.6) is 0 Å². The number of fused-ring (bicyclic) bond motifs is 1. The van der Waals surface area contributed by atoms with Crippen molar-refractivity contribution in [1.82, 2.24) is 29.7 Å². The number of aromatic amines is 1.